The number of thioether (sulfide) groups is 2. The molecule has 26 heavy (non-hydrogen) atoms. The van der Waals surface area contributed by atoms with Gasteiger partial charge in [0.15, 0.2) is 0 Å². The van der Waals surface area contributed by atoms with Crippen LogP contribution < -0.4 is 5.32 Å². The van der Waals surface area contributed by atoms with E-state index >= 15 is 0 Å². The molecule has 0 unspecified atom stereocenters. The van der Waals surface area contributed by atoms with Crippen molar-refractivity contribution >= 4 is 46.2 Å². The maximum atomic E-state index is 12.3. The van der Waals surface area contributed by atoms with Gasteiger partial charge in [0, 0.05) is 4.90 Å². The van der Waals surface area contributed by atoms with Crippen molar-refractivity contribution in [2.75, 3.05) is 16.8 Å². The molecule has 130 valence electrons. The van der Waals surface area contributed by atoms with Crippen molar-refractivity contribution in [1.29, 1.82) is 5.26 Å². The van der Waals surface area contributed by atoms with E-state index in [-0.39, 0.29) is 11.7 Å². The Hall–Kier alpha value is -2.56. The van der Waals surface area contributed by atoms with E-state index in [4.69, 9.17) is 5.26 Å². The number of carbonyl (C=O) groups excluding carboxylic acids is 1. The Bertz CT molecular complexity index is 985. The molecule has 1 aromatic heterocycles. The maximum absolute atomic E-state index is 12.3. The zero-order valence-electron chi connectivity index (χ0n) is 14.1. The molecule has 0 aliphatic heterocycles. The van der Waals surface area contributed by atoms with Gasteiger partial charge in [-0.3, -0.25) is 4.79 Å². The molecule has 0 aliphatic carbocycles. The van der Waals surface area contributed by atoms with Gasteiger partial charge in [-0.15, -0.1) is 11.8 Å². The molecule has 3 aromatic rings. The quantitative estimate of drug-likeness (QED) is 0.643. The second kappa shape index (κ2) is 8.70. The number of hydrogen-bond donors (Lipinski definition) is 1. The summed E-state index contributed by atoms with van der Waals surface area (Å²) in [5.74, 6) is 0.466. The van der Waals surface area contributed by atoms with E-state index in [9.17, 15) is 4.79 Å². The highest BCUT2D eigenvalue weighted by atomic mass is 32.2. The van der Waals surface area contributed by atoms with Gasteiger partial charge in [-0.25, -0.2) is 9.97 Å². The number of anilines is 1. The van der Waals surface area contributed by atoms with Crippen LogP contribution >= 0.6 is 23.5 Å². The molecular formula is C19H16N4OS2. The largest absolute Gasteiger partial charge is 0.324 e. The Balaban J connectivity index is 1.66. The van der Waals surface area contributed by atoms with Crippen molar-refractivity contribution in [3.05, 3.63) is 54.2 Å². The molecule has 0 saturated carbocycles. The van der Waals surface area contributed by atoms with Crippen LogP contribution in [0.25, 0.3) is 11.0 Å². The van der Waals surface area contributed by atoms with Gasteiger partial charge in [-0.1, -0.05) is 36.0 Å². The van der Waals surface area contributed by atoms with Crippen LogP contribution in [-0.4, -0.2) is 27.4 Å². The molecule has 1 amide bonds. The van der Waals surface area contributed by atoms with Crippen LogP contribution in [0.2, 0.25) is 0 Å². The zero-order valence-corrected chi connectivity index (χ0v) is 15.7. The number of aryl methyl sites for hydroxylation is 1. The second-order valence-corrected chi connectivity index (χ2v) is 7.36. The number of para-hydroxylation sites is 3. The van der Waals surface area contributed by atoms with Crippen molar-refractivity contribution < 1.29 is 4.79 Å². The Morgan fingerprint density at radius 3 is 2.54 bits per heavy atom. The number of carbonyl (C=O) groups is 1. The number of fused-ring (bicyclic) bond motifs is 1. The lowest BCUT2D eigenvalue weighted by Crippen LogP contribution is -2.15. The molecule has 3 rings (SSSR count). The minimum atomic E-state index is -0.116. The first-order valence-electron chi connectivity index (χ1n) is 7.92. The number of nitrogens with zero attached hydrogens (tertiary/aromatic N) is 3. The Morgan fingerprint density at radius 2 is 1.77 bits per heavy atom. The first-order chi connectivity index (χ1) is 12.7. The molecule has 5 nitrogen and oxygen atoms in total. The summed E-state index contributed by atoms with van der Waals surface area (Å²) in [6, 6.07) is 17.3. The van der Waals surface area contributed by atoms with Crippen LogP contribution in [0.4, 0.5) is 5.69 Å². The lowest BCUT2D eigenvalue weighted by molar-refractivity contribution is -0.113. The number of hydrogen-bond acceptors (Lipinski definition) is 6. The Kier molecular flexibility index (Phi) is 6.10. The average molecular weight is 380 g/mol. The van der Waals surface area contributed by atoms with E-state index in [1.54, 1.807) is 0 Å². The Morgan fingerprint density at radius 1 is 1.08 bits per heavy atom. The van der Waals surface area contributed by atoms with Crippen molar-refractivity contribution in [2.45, 2.75) is 16.8 Å². The van der Waals surface area contributed by atoms with Gasteiger partial charge in [-0.05, 0) is 31.2 Å². The number of benzene rings is 2. The van der Waals surface area contributed by atoms with Crippen molar-refractivity contribution in [3.63, 3.8) is 0 Å². The van der Waals surface area contributed by atoms with Crippen LogP contribution in [0.15, 0.2) is 58.5 Å². The van der Waals surface area contributed by atoms with E-state index in [1.807, 2.05) is 55.5 Å². The maximum Gasteiger partial charge on any atom is 0.234 e. The lowest BCUT2D eigenvalue weighted by atomic mass is 10.3. The van der Waals surface area contributed by atoms with Gasteiger partial charge in [-0.2, -0.15) is 5.26 Å². The third kappa shape index (κ3) is 4.54. The van der Waals surface area contributed by atoms with Gasteiger partial charge in [0.25, 0.3) is 0 Å². The van der Waals surface area contributed by atoms with E-state index in [1.165, 1.54) is 23.5 Å². The monoisotopic (exact) mass is 380 g/mol. The number of aromatic nitrogens is 2. The Labute approximate surface area is 160 Å². The van der Waals surface area contributed by atoms with Gasteiger partial charge >= 0.3 is 0 Å². The number of nitrogens with one attached hydrogen (secondary N) is 1. The normalized spacial score (nSPS) is 10.5. The average Bonchev–Trinajstić information content (AvgIpc) is 2.65. The minimum absolute atomic E-state index is 0.116. The van der Waals surface area contributed by atoms with Crippen LogP contribution in [0, 0.1) is 18.3 Å². The molecule has 1 heterocycles. The van der Waals surface area contributed by atoms with Gasteiger partial charge < -0.3 is 5.32 Å². The molecule has 0 saturated heterocycles. The molecular weight excluding hydrogens is 364 g/mol. The van der Waals surface area contributed by atoms with Crippen LogP contribution in [0.5, 0.6) is 0 Å². The predicted octanol–water partition coefficient (Wildman–Crippen LogP) is 4.28. The molecule has 0 spiro atoms. The van der Waals surface area contributed by atoms with Gasteiger partial charge in [0.1, 0.15) is 5.03 Å². The summed E-state index contributed by atoms with van der Waals surface area (Å²) in [6.45, 7) is 1.90. The molecule has 0 fully saturated rings. The predicted molar refractivity (Wildman–Crippen MR) is 106 cm³/mol. The molecule has 0 atom stereocenters. The number of nitriles is 1. The summed E-state index contributed by atoms with van der Waals surface area (Å²) >= 11 is 2.77. The second-order valence-electron chi connectivity index (χ2n) is 5.38. The summed E-state index contributed by atoms with van der Waals surface area (Å²) in [5.41, 5.74) is 3.20. The summed E-state index contributed by atoms with van der Waals surface area (Å²) in [5, 5.41) is 12.4. The smallest absolute Gasteiger partial charge is 0.234 e. The third-order valence-electron chi connectivity index (χ3n) is 3.49. The molecule has 7 heteroatoms. The standard InChI is InChI=1S/C19H16N4OS2/c1-13-19(23-15-7-3-2-6-14(15)21-13)26-12-18(24)22-16-8-4-5-9-17(16)25-11-10-20/h2-9H,11-12H2,1H3,(H,22,24). The highest BCUT2D eigenvalue weighted by Gasteiger charge is 2.11. The SMILES string of the molecule is Cc1nc2ccccc2nc1SCC(=O)Nc1ccccc1SCC#N. The first-order valence-corrected chi connectivity index (χ1v) is 9.89. The number of rotatable bonds is 6. The first kappa shape index (κ1) is 18.2. The fraction of sp³-hybridized carbons (Fsp3) is 0.158. The van der Waals surface area contributed by atoms with E-state index in [0.29, 0.717) is 5.75 Å². The van der Waals surface area contributed by atoms with Crippen LogP contribution in [-0.2, 0) is 4.79 Å². The summed E-state index contributed by atoms with van der Waals surface area (Å²) in [7, 11) is 0. The van der Waals surface area contributed by atoms with E-state index in [0.717, 1.165) is 32.3 Å². The van der Waals surface area contributed by atoms with E-state index in [2.05, 4.69) is 21.4 Å². The molecule has 2 aromatic carbocycles. The highest BCUT2D eigenvalue weighted by Crippen LogP contribution is 2.27. The van der Waals surface area contributed by atoms with Crippen LogP contribution in [0.3, 0.4) is 0 Å². The summed E-state index contributed by atoms with van der Waals surface area (Å²) < 4.78 is 0. The van der Waals surface area contributed by atoms with Crippen LogP contribution in [0.1, 0.15) is 5.69 Å². The topological polar surface area (TPSA) is 78.7 Å². The molecule has 0 radical (unpaired) electrons. The molecule has 0 bridgehead atoms. The van der Waals surface area contributed by atoms with Crippen molar-refractivity contribution in [3.8, 4) is 6.07 Å². The minimum Gasteiger partial charge on any atom is -0.324 e. The van der Waals surface area contributed by atoms with Gasteiger partial charge in [0.05, 0.1) is 40.0 Å². The zero-order chi connectivity index (χ0) is 18.4. The fourth-order valence-corrected chi connectivity index (χ4v) is 3.76. The van der Waals surface area contributed by atoms with Crippen molar-refractivity contribution in [1.82, 2.24) is 9.97 Å². The third-order valence-corrected chi connectivity index (χ3v) is 5.50. The summed E-state index contributed by atoms with van der Waals surface area (Å²) in [6.07, 6.45) is 0. The number of amides is 1. The van der Waals surface area contributed by atoms with Crippen molar-refractivity contribution in [2.24, 2.45) is 0 Å². The molecule has 0 aliphatic rings. The molecule has 1 N–H and O–H groups in total. The van der Waals surface area contributed by atoms with Gasteiger partial charge in [0.2, 0.25) is 5.91 Å². The lowest BCUT2D eigenvalue weighted by Gasteiger charge is -2.10. The van der Waals surface area contributed by atoms with E-state index < -0.39 is 0 Å². The highest BCUT2D eigenvalue weighted by molar-refractivity contribution is 8.00. The summed E-state index contributed by atoms with van der Waals surface area (Å²) in [4.78, 5) is 22.3. The fourth-order valence-electron chi connectivity index (χ4n) is 2.33.